The zero-order valence-corrected chi connectivity index (χ0v) is 15.4. The predicted octanol–water partition coefficient (Wildman–Crippen LogP) is 6.21. The maximum absolute atomic E-state index is 3.91. The van der Waals surface area contributed by atoms with Gasteiger partial charge in [0, 0.05) is 10.7 Å². The van der Waals surface area contributed by atoms with Gasteiger partial charge >= 0.3 is 0 Å². The van der Waals surface area contributed by atoms with Crippen LogP contribution in [0.15, 0.2) is 47.6 Å². The second-order valence-corrected chi connectivity index (χ2v) is 9.69. The zero-order valence-electron chi connectivity index (χ0n) is 13.8. The molecule has 0 aromatic heterocycles. The average Bonchev–Trinajstić information content (AvgIpc) is 2.92. The van der Waals surface area contributed by atoms with Crippen molar-refractivity contribution in [1.29, 1.82) is 0 Å². The molecular weight excluding hydrogens is 344 g/mol. The summed E-state index contributed by atoms with van der Waals surface area (Å²) in [6.45, 7) is 0. The minimum atomic E-state index is 0.712. The fraction of sp³-hybridized carbons (Fsp3) is 0.636. The molecule has 5 rings (SSSR count). The molecule has 3 saturated carbocycles. The monoisotopic (exact) mass is 370 g/mol. The van der Waals surface area contributed by atoms with E-state index in [-0.39, 0.29) is 0 Å². The Hall–Kier alpha value is -0.560. The summed E-state index contributed by atoms with van der Waals surface area (Å²) in [6, 6.07) is 0. The van der Waals surface area contributed by atoms with Crippen LogP contribution in [0.3, 0.4) is 0 Å². The van der Waals surface area contributed by atoms with Gasteiger partial charge in [-0.2, -0.15) is 0 Å². The first-order chi connectivity index (χ1) is 11.3. The number of allylic oxidation sites excluding steroid dienone is 8. The fourth-order valence-electron chi connectivity index (χ4n) is 6.52. The summed E-state index contributed by atoms with van der Waals surface area (Å²) in [7, 11) is 0. The predicted molar refractivity (Wildman–Crippen MR) is 100 cm³/mol. The van der Waals surface area contributed by atoms with E-state index in [4.69, 9.17) is 0 Å². The van der Waals surface area contributed by atoms with Crippen molar-refractivity contribution < 1.29 is 0 Å². The maximum Gasteiger partial charge on any atom is 0.0151 e. The van der Waals surface area contributed by atoms with E-state index < -0.39 is 0 Å². The van der Waals surface area contributed by atoms with Gasteiger partial charge in [-0.05, 0) is 61.7 Å². The minimum absolute atomic E-state index is 0.712. The number of hydrogen-bond acceptors (Lipinski definition) is 0. The van der Waals surface area contributed by atoms with Crippen molar-refractivity contribution in [3.05, 3.63) is 47.6 Å². The summed E-state index contributed by atoms with van der Waals surface area (Å²) in [5.74, 6) is 5.00. The van der Waals surface area contributed by atoms with Crippen molar-refractivity contribution in [2.45, 2.75) is 49.8 Å². The van der Waals surface area contributed by atoms with E-state index in [1.807, 2.05) is 5.57 Å². The van der Waals surface area contributed by atoms with Gasteiger partial charge in [0.05, 0.1) is 0 Å². The van der Waals surface area contributed by atoms with Crippen molar-refractivity contribution in [3.63, 3.8) is 0 Å². The van der Waals surface area contributed by atoms with Crippen LogP contribution in [0, 0.1) is 35.5 Å². The van der Waals surface area contributed by atoms with E-state index in [2.05, 4.69) is 52.4 Å². The Kier molecular flexibility index (Phi) is 3.69. The van der Waals surface area contributed by atoms with Gasteiger partial charge in [0.2, 0.25) is 0 Å². The van der Waals surface area contributed by atoms with Crippen molar-refractivity contribution >= 4 is 15.9 Å². The van der Waals surface area contributed by atoms with Gasteiger partial charge in [-0.1, -0.05) is 76.4 Å². The SMILES string of the molecule is BrC1CCCC(C2=CC=C3C4C=CC=CC4C4CCCC2C34)C1. The number of halogens is 1. The molecule has 1 heteroatoms. The molecule has 0 heterocycles. The molecular formula is C22H27Br. The van der Waals surface area contributed by atoms with Crippen LogP contribution in [0.25, 0.3) is 0 Å². The highest BCUT2D eigenvalue weighted by molar-refractivity contribution is 9.09. The van der Waals surface area contributed by atoms with Crippen molar-refractivity contribution in [1.82, 2.24) is 0 Å². The first-order valence-electron chi connectivity index (χ1n) is 9.73. The van der Waals surface area contributed by atoms with Crippen LogP contribution < -0.4 is 0 Å². The Labute approximate surface area is 148 Å². The van der Waals surface area contributed by atoms with Crippen molar-refractivity contribution in [2.24, 2.45) is 35.5 Å². The third kappa shape index (κ3) is 2.29. The Morgan fingerprint density at radius 3 is 2.61 bits per heavy atom. The van der Waals surface area contributed by atoms with Gasteiger partial charge in [-0.3, -0.25) is 0 Å². The highest BCUT2D eigenvalue weighted by Crippen LogP contribution is 2.60. The Bertz CT molecular complexity index is 607. The lowest BCUT2D eigenvalue weighted by Gasteiger charge is -2.42. The Morgan fingerprint density at radius 2 is 1.70 bits per heavy atom. The van der Waals surface area contributed by atoms with Crippen LogP contribution in [0.2, 0.25) is 0 Å². The molecule has 7 unspecified atom stereocenters. The van der Waals surface area contributed by atoms with E-state index >= 15 is 0 Å². The minimum Gasteiger partial charge on any atom is -0.0890 e. The van der Waals surface area contributed by atoms with Crippen LogP contribution >= 0.6 is 15.9 Å². The molecule has 0 amide bonds. The molecule has 0 aliphatic heterocycles. The van der Waals surface area contributed by atoms with Crippen molar-refractivity contribution in [3.8, 4) is 0 Å². The van der Waals surface area contributed by atoms with E-state index in [1.165, 1.54) is 44.9 Å². The smallest absolute Gasteiger partial charge is 0.0151 e. The van der Waals surface area contributed by atoms with Crippen molar-refractivity contribution in [2.75, 3.05) is 0 Å². The Morgan fingerprint density at radius 1 is 0.870 bits per heavy atom. The number of hydrogen-bond donors (Lipinski definition) is 0. The Balaban J connectivity index is 1.51. The number of rotatable bonds is 1. The van der Waals surface area contributed by atoms with Gasteiger partial charge in [-0.25, -0.2) is 0 Å². The normalized spacial score (nSPS) is 47.6. The lowest BCUT2D eigenvalue weighted by molar-refractivity contribution is 0.190. The molecule has 0 bridgehead atoms. The topological polar surface area (TPSA) is 0 Å². The molecule has 0 saturated heterocycles. The summed E-state index contributed by atoms with van der Waals surface area (Å²) >= 11 is 3.91. The van der Waals surface area contributed by atoms with E-state index in [1.54, 1.807) is 5.57 Å². The van der Waals surface area contributed by atoms with E-state index in [0.717, 1.165) is 34.4 Å². The molecule has 122 valence electrons. The standard InChI is InChI=1S/C22H27Br/c23-15-6-3-5-14(13-15)16-11-12-21-18-8-2-1-7-17(18)20-10-4-9-19(16)22(20)21/h1-2,7-8,11-12,14-15,17-20,22H,3-6,9-10,13H2. The summed E-state index contributed by atoms with van der Waals surface area (Å²) in [4.78, 5) is 0.754. The quantitative estimate of drug-likeness (QED) is 0.481. The fourth-order valence-corrected chi connectivity index (χ4v) is 7.29. The van der Waals surface area contributed by atoms with Gasteiger partial charge in [0.25, 0.3) is 0 Å². The van der Waals surface area contributed by atoms with Gasteiger partial charge in [-0.15, -0.1) is 0 Å². The molecule has 0 N–H and O–H groups in total. The highest BCUT2D eigenvalue weighted by atomic mass is 79.9. The zero-order chi connectivity index (χ0) is 15.4. The second-order valence-electron chi connectivity index (χ2n) is 8.39. The average molecular weight is 371 g/mol. The molecule has 3 fully saturated rings. The van der Waals surface area contributed by atoms with Crippen LogP contribution in [-0.2, 0) is 0 Å². The third-order valence-corrected chi connectivity index (χ3v) is 8.20. The number of fused-ring (bicyclic) bond motifs is 3. The lowest BCUT2D eigenvalue weighted by atomic mass is 9.63. The summed E-state index contributed by atoms with van der Waals surface area (Å²) in [5, 5.41) is 0. The molecule has 0 aromatic rings. The highest BCUT2D eigenvalue weighted by Gasteiger charge is 2.51. The molecule has 5 aliphatic rings. The number of alkyl halides is 1. The molecule has 7 atom stereocenters. The maximum atomic E-state index is 3.91. The molecule has 0 nitrogen and oxygen atoms in total. The first kappa shape index (κ1) is 14.8. The molecule has 0 aromatic carbocycles. The summed E-state index contributed by atoms with van der Waals surface area (Å²) in [6.07, 6.45) is 24.6. The van der Waals surface area contributed by atoms with Crippen LogP contribution in [0.4, 0.5) is 0 Å². The van der Waals surface area contributed by atoms with Crippen LogP contribution in [-0.4, -0.2) is 4.83 Å². The second kappa shape index (κ2) is 5.76. The van der Waals surface area contributed by atoms with E-state index in [9.17, 15) is 0 Å². The molecule has 23 heavy (non-hydrogen) atoms. The van der Waals surface area contributed by atoms with Crippen LogP contribution in [0.5, 0.6) is 0 Å². The first-order valence-corrected chi connectivity index (χ1v) is 10.6. The lowest BCUT2D eigenvalue weighted by Crippen LogP contribution is -2.33. The van der Waals surface area contributed by atoms with Crippen LogP contribution in [0.1, 0.15) is 44.9 Å². The molecule has 0 spiro atoms. The summed E-state index contributed by atoms with van der Waals surface area (Å²) in [5.41, 5.74) is 3.61. The molecule has 0 radical (unpaired) electrons. The van der Waals surface area contributed by atoms with Gasteiger partial charge in [0.15, 0.2) is 0 Å². The van der Waals surface area contributed by atoms with E-state index in [0.29, 0.717) is 5.92 Å². The third-order valence-electron chi connectivity index (χ3n) is 7.37. The largest absolute Gasteiger partial charge is 0.0890 e. The summed E-state index contributed by atoms with van der Waals surface area (Å²) < 4.78 is 0. The van der Waals surface area contributed by atoms with Gasteiger partial charge < -0.3 is 0 Å². The molecule has 5 aliphatic carbocycles. The van der Waals surface area contributed by atoms with Gasteiger partial charge in [0.1, 0.15) is 0 Å².